The van der Waals surface area contributed by atoms with E-state index in [1.807, 2.05) is 0 Å². The van der Waals surface area contributed by atoms with Crippen LogP contribution in [-0.4, -0.2) is 19.8 Å². The van der Waals surface area contributed by atoms with Gasteiger partial charge < -0.3 is 0 Å². The van der Waals surface area contributed by atoms with E-state index in [-0.39, 0.29) is 0 Å². The molecule has 90 valence electrons. The highest BCUT2D eigenvalue weighted by Gasteiger charge is 2.31. The number of rotatable bonds is 8. The summed E-state index contributed by atoms with van der Waals surface area (Å²) < 4.78 is 26.4. The summed E-state index contributed by atoms with van der Waals surface area (Å²) in [5, 5.41) is 0. The highest BCUT2D eigenvalue weighted by atomic mass is 31.2. The molecule has 0 spiro atoms. The molecule has 15 heavy (non-hydrogen) atoms. The molecule has 1 aliphatic rings. The highest BCUT2D eigenvalue weighted by Crippen LogP contribution is 2.52. The molecule has 1 heterocycles. The summed E-state index contributed by atoms with van der Waals surface area (Å²) in [6.07, 6.45) is 7.11. The summed E-state index contributed by atoms with van der Waals surface area (Å²) in [5.74, 6) is 0. The average molecular weight is 236 g/mol. The first kappa shape index (κ1) is 13.2. The summed E-state index contributed by atoms with van der Waals surface area (Å²) in [6, 6.07) is 0. The molecule has 0 saturated carbocycles. The number of unbranched alkanes of at least 4 members (excludes halogenated alkanes) is 5. The molecule has 0 aromatic rings. The number of phosphoric acid groups is 1. The van der Waals surface area contributed by atoms with Crippen molar-refractivity contribution in [1.82, 2.24) is 0 Å². The van der Waals surface area contributed by atoms with Crippen molar-refractivity contribution in [3.63, 3.8) is 0 Å². The third-order valence-electron chi connectivity index (χ3n) is 2.33. The minimum atomic E-state index is -3.13. The van der Waals surface area contributed by atoms with E-state index in [2.05, 4.69) is 6.92 Å². The van der Waals surface area contributed by atoms with Gasteiger partial charge in [-0.2, -0.15) is 0 Å². The second-order valence-electron chi connectivity index (χ2n) is 3.71. The van der Waals surface area contributed by atoms with Crippen molar-refractivity contribution in [3.8, 4) is 0 Å². The van der Waals surface area contributed by atoms with Crippen LogP contribution in [0.3, 0.4) is 0 Å². The van der Waals surface area contributed by atoms with Crippen LogP contribution < -0.4 is 0 Å². The van der Waals surface area contributed by atoms with Gasteiger partial charge >= 0.3 is 7.82 Å². The third kappa shape index (κ3) is 5.67. The molecule has 0 bridgehead atoms. The molecule has 4 nitrogen and oxygen atoms in total. The van der Waals surface area contributed by atoms with E-state index in [9.17, 15) is 4.57 Å². The molecule has 0 aromatic carbocycles. The monoisotopic (exact) mass is 236 g/mol. The Bertz CT molecular complexity index is 198. The molecule has 1 aliphatic heterocycles. The van der Waals surface area contributed by atoms with E-state index < -0.39 is 7.82 Å². The van der Waals surface area contributed by atoms with Crippen LogP contribution in [0.25, 0.3) is 0 Å². The zero-order valence-electron chi connectivity index (χ0n) is 9.44. The number of hydrogen-bond donors (Lipinski definition) is 0. The number of hydrogen-bond acceptors (Lipinski definition) is 4. The van der Waals surface area contributed by atoms with Crippen molar-refractivity contribution in [1.29, 1.82) is 0 Å². The van der Waals surface area contributed by atoms with Crippen molar-refractivity contribution in [2.75, 3.05) is 19.8 Å². The van der Waals surface area contributed by atoms with Gasteiger partial charge in [0.15, 0.2) is 0 Å². The van der Waals surface area contributed by atoms with Crippen molar-refractivity contribution < 1.29 is 18.1 Å². The molecule has 0 atom stereocenters. The summed E-state index contributed by atoms with van der Waals surface area (Å²) >= 11 is 0. The topological polar surface area (TPSA) is 44.8 Å². The molecule has 1 fully saturated rings. The SMILES string of the molecule is CCCCCCCCOP1(=O)OCCO1. The molecule has 0 aromatic heterocycles. The van der Waals surface area contributed by atoms with Crippen LogP contribution in [0, 0.1) is 0 Å². The fourth-order valence-corrected chi connectivity index (χ4v) is 2.64. The van der Waals surface area contributed by atoms with E-state index in [0.29, 0.717) is 19.8 Å². The summed E-state index contributed by atoms with van der Waals surface area (Å²) in [5.41, 5.74) is 0. The van der Waals surface area contributed by atoms with E-state index >= 15 is 0 Å². The van der Waals surface area contributed by atoms with Crippen LogP contribution in [0.5, 0.6) is 0 Å². The first-order valence-corrected chi connectivity index (χ1v) is 7.26. The smallest absolute Gasteiger partial charge is 0.287 e. The minimum Gasteiger partial charge on any atom is -0.287 e. The van der Waals surface area contributed by atoms with Gasteiger partial charge in [-0.25, -0.2) is 4.57 Å². The Morgan fingerprint density at radius 1 is 1.07 bits per heavy atom. The lowest BCUT2D eigenvalue weighted by Crippen LogP contribution is -1.93. The van der Waals surface area contributed by atoms with Gasteiger partial charge in [-0.15, -0.1) is 0 Å². The molecule has 5 heteroatoms. The van der Waals surface area contributed by atoms with Gasteiger partial charge in [-0.3, -0.25) is 13.6 Å². The molecular formula is C10H21O4P. The van der Waals surface area contributed by atoms with Crippen LogP contribution >= 0.6 is 7.82 Å². The fourth-order valence-electron chi connectivity index (χ4n) is 1.47. The van der Waals surface area contributed by atoms with Crippen molar-refractivity contribution >= 4 is 7.82 Å². The summed E-state index contributed by atoms with van der Waals surface area (Å²) in [4.78, 5) is 0. The minimum absolute atomic E-state index is 0.383. The predicted octanol–water partition coefficient (Wildman–Crippen LogP) is 3.52. The molecule has 0 radical (unpaired) electrons. The van der Waals surface area contributed by atoms with Gasteiger partial charge in [0.05, 0.1) is 19.8 Å². The van der Waals surface area contributed by atoms with Crippen LogP contribution in [0.2, 0.25) is 0 Å². The quantitative estimate of drug-likeness (QED) is 0.477. The predicted molar refractivity (Wildman–Crippen MR) is 58.8 cm³/mol. The lowest BCUT2D eigenvalue weighted by atomic mass is 10.1. The van der Waals surface area contributed by atoms with E-state index in [4.69, 9.17) is 13.6 Å². The Morgan fingerprint density at radius 2 is 1.67 bits per heavy atom. The van der Waals surface area contributed by atoms with Crippen molar-refractivity contribution in [2.45, 2.75) is 45.4 Å². The Labute approximate surface area is 91.9 Å². The summed E-state index contributed by atoms with van der Waals surface area (Å²) in [7, 11) is -3.13. The Hall–Kier alpha value is 0.110. The van der Waals surface area contributed by atoms with Gasteiger partial charge in [0.1, 0.15) is 0 Å². The van der Waals surface area contributed by atoms with E-state index in [0.717, 1.165) is 12.8 Å². The molecular weight excluding hydrogens is 215 g/mol. The molecule has 0 aliphatic carbocycles. The zero-order valence-corrected chi connectivity index (χ0v) is 10.3. The van der Waals surface area contributed by atoms with Crippen LogP contribution in [-0.2, 0) is 18.1 Å². The van der Waals surface area contributed by atoms with Gasteiger partial charge in [0.25, 0.3) is 0 Å². The lowest BCUT2D eigenvalue weighted by Gasteiger charge is -2.08. The second-order valence-corrected chi connectivity index (χ2v) is 5.38. The van der Waals surface area contributed by atoms with Crippen LogP contribution in [0.4, 0.5) is 0 Å². The van der Waals surface area contributed by atoms with Gasteiger partial charge in [0.2, 0.25) is 0 Å². The molecule has 0 amide bonds. The zero-order chi connectivity index (χ0) is 11.0. The Kier molecular flexibility index (Phi) is 6.50. The number of phosphoric ester groups is 1. The fraction of sp³-hybridized carbons (Fsp3) is 1.00. The lowest BCUT2D eigenvalue weighted by molar-refractivity contribution is 0.187. The molecule has 0 N–H and O–H groups in total. The van der Waals surface area contributed by atoms with Gasteiger partial charge in [-0.1, -0.05) is 39.0 Å². The standard InChI is InChI=1S/C10H21O4P/c1-2-3-4-5-6-7-8-12-15(11)13-9-10-14-15/h2-10H2,1H3. The van der Waals surface area contributed by atoms with Crippen molar-refractivity contribution in [3.05, 3.63) is 0 Å². The van der Waals surface area contributed by atoms with Gasteiger partial charge in [0, 0.05) is 0 Å². The first-order chi connectivity index (χ1) is 7.27. The van der Waals surface area contributed by atoms with Crippen molar-refractivity contribution in [2.24, 2.45) is 0 Å². The average Bonchev–Trinajstić information content (AvgIpc) is 2.64. The normalized spacial score (nSPS) is 19.5. The Balaban J connectivity index is 1.90. The maximum atomic E-state index is 11.5. The van der Waals surface area contributed by atoms with E-state index in [1.165, 1.54) is 25.7 Å². The maximum Gasteiger partial charge on any atom is 0.474 e. The van der Waals surface area contributed by atoms with Crippen LogP contribution in [0.15, 0.2) is 0 Å². The largest absolute Gasteiger partial charge is 0.474 e. The second kappa shape index (κ2) is 7.39. The summed E-state index contributed by atoms with van der Waals surface area (Å²) in [6.45, 7) is 3.44. The first-order valence-electron chi connectivity index (χ1n) is 5.80. The third-order valence-corrected chi connectivity index (χ3v) is 3.83. The van der Waals surface area contributed by atoms with Gasteiger partial charge in [-0.05, 0) is 6.42 Å². The molecule has 0 unspecified atom stereocenters. The maximum absolute atomic E-state index is 11.5. The molecule has 1 rings (SSSR count). The highest BCUT2D eigenvalue weighted by molar-refractivity contribution is 7.48. The molecule has 1 saturated heterocycles. The van der Waals surface area contributed by atoms with Crippen LogP contribution in [0.1, 0.15) is 45.4 Å². The Morgan fingerprint density at radius 3 is 2.33 bits per heavy atom. The van der Waals surface area contributed by atoms with E-state index in [1.54, 1.807) is 0 Å².